The molecule has 0 radical (unpaired) electrons. The smallest absolute Gasteiger partial charge is 0.123 e. The van der Waals surface area contributed by atoms with Crippen LogP contribution in [0.4, 0.5) is 4.39 Å². The Morgan fingerprint density at radius 1 is 1.47 bits per heavy atom. The Morgan fingerprint density at radius 2 is 2.33 bits per heavy atom. The van der Waals surface area contributed by atoms with Gasteiger partial charge in [-0.2, -0.15) is 11.8 Å². The van der Waals surface area contributed by atoms with Crippen molar-refractivity contribution in [3.8, 4) is 0 Å². The van der Waals surface area contributed by atoms with Crippen LogP contribution in [-0.4, -0.2) is 11.5 Å². The van der Waals surface area contributed by atoms with Gasteiger partial charge in [-0.05, 0) is 48.0 Å². The van der Waals surface area contributed by atoms with Gasteiger partial charge >= 0.3 is 0 Å². The highest BCUT2D eigenvalue weighted by molar-refractivity contribution is 7.99. The minimum absolute atomic E-state index is 0.00602. The summed E-state index contributed by atoms with van der Waals surface area (Å²) in [7, 11) is 0. The van der Waals surface area contributed by atoms with Gasteiger partial charge in [-0.3, -0.25) is 0 Å². The first kappa shape index (κ1) is 11.0. The van der Waals surface area contributed by atoms with Crippen LogP contribution in [0.3, 0.4) is 0 Å². The third-order valence-electron chi connectivity index (χ3n) is 2.94. The molecule has 0 bridgehead atoms. The van der Waals surface area contributed by atoms with Gasteiger partial charge in [0.25, 0.3) is 0 Å². The largest absolute Gasteiger partial charge is 0.324 e. The Kier molecular flexibility index (Phi) is 3.65. The second-order valence-electron chi connectivity index (χ2n) is 4.06. The van der Waals surface area contributed by atoms with E-state index in [0.29, 0.717) is 5.92 Å². The van der Waals surface area contributed by atoms with Gasteiger partial charge in [0.05, 0.1) is 0 Å². The fourth-order valence-corrected chi connectivity index (χ4v) is 3.25. The topological polar surface area (TPSA) is 26.0 Å². The Bertz CT molecular complexity index is 323. The molecule has 0 saturated carbocycles. The van der Waals surface area contributed by atoms with E-state index < -0.39 is 0 Å². The SMILES string of the molecule is NC(c1cccc(F)c1)C1CCCSC1. The van der Waals surface area contributed by atoms with Gasteiger partial charge in [-0.25, -0.2) is 4.39 Å². The summed E-state index contributed by atoms with van der Waals surface area (Å²) in [5, 5.41) is 0. The van der Waals surface area contributed by atoms with Crippen molar-refractivity contribution in [2.75, 3.05) is 11.5 Å². The molecule has 2 atom stereocenters. The van der Waals surface area contributed by atoms with Gasteiger partial charge < -0.3 is 5.73 Å². The van der Waals surface area contributed by atoms with Crippen LogP contribution in [0, 0.1) is 11.7 Å². The summed E-state index contributed by atoms with van der Waals surface area (Å²) in [5.74, 6) is 2.67. The van der Waals surface area contributed by atoms with E-state index in [2.05, 4.69) is 0 Å². The predicted molar refractivity (Wildman–Crippen MR) is 63.4 cm³/mol. The van der Waals surface area contributed by atoms with E-state index in [9.17, 15) is 4.39 Å². The monoisotopic (exact) mass is 225 g/mol. The summed E-state index contributed by atoms with van der Waals surface area (Å²) in [6.45, 7) is 0. The maximum Gasteiger partial charge on any atom is 0.123 e. The van der Waals surface area contributed by atoms with Crippen LogP contribution >= 0.6 is 11.8 Å². The molecule has 1 nitrogen and oxygen atoms in total. The van der Waals surface area contributed by atoms with Gasteiger partial charge in [-0.1, -0.05) is 12.1 Å². The molecule has 15 heavy (non-hydrogen) atoms. The number of halogens is 1. The molecule has 0 spiro atoms. The maximum atomic E-state index is 13.0. The number of nitrogens with two attached hydrogens (primary N) is 1. The first-order valence-electron chi connectivity index (χ1n) is 5.36. The molecule has 3 heteroatoms. The molecule has 1 saturated heterocycles. The Morgan fingerprint density at radius 3 is 3.00 bits per heavy atom. The highest BCUT2D eigenvalue weighted by Crippen LogP contribution is 2.31. The molecule has 82 valence electrons. The van der Waals surface area contributed by atoms with Crippen molar-refractivity contribution in [2.45, 2.75) is 18.9 Å². The predicted octanol–water partition coefficient (Wildman–Crippen LogP) is 2.97. The van der Waals surface area contributed by atoms with Crippen LogP contribution in [0.5, 0.6) is 0 Å². The summed E-state index contributed by atoms with van der Waals surface area (Å²) in [4.78, 5) is 0. The lowest BCUT2D eigenvalue weighted by Gasteiger charge is -2.27. The molecule has 2 N–H and O–H groups in total. The zero-order chi connectivity index (χ0) is 10.7. The normalized spacial score (nSPS) is 23.7. The average molecular weight is 225 g/mol. The molecule has 1 aromatic carbocycles. The zero-order valence-corrected chi connectivity index (χ0v) is 9.47. The van der Waals surface area contributed by atoms with Crippen molar-refractivity contribution >= 4 is 11.8 Å². The zero-order valence-electron chi connectivity index (χ0n) is 8.66. The van der Waals surface area contributed by atoms with E-state index in [0.717, 1.165) is 11.3 Å². The van der Waals surface area contributed by atoms with Crippen LogP contribution < -0.4 is 5.73 Å². The minimum atomic E-state index is -0.189. The van der Waals surface area contributed by atoms with Gasteiger partial charge in [0, 0.05) is 6.04 Å². The van der Waals surface area contributed by atoms with E-state index >= 15 is 0 Å². The Labute approximate surface area is 94.2 Å². The van der Waals surface area contributed by atoms with E-state index in [1.165, 1.54) is 24.7 Å². The van der Waals surface area contributed by atoms with E-state index in [1.807, 2.05) is 17.8 Å². The second kappa shape index (κ2) is 4.99. The Balaban J connectivity index is 2.08. The second-order valence-corrected chi connectivity index (χ2v) is 5.21. The molecule has 2 rings (SSSR count). The van der Waals surface area contributed by atoms with Crippen molar-refractivity contribution in [1.29, 1.82) is 0 Å². The number of rotatable bonds is 2. The lowest BCUT2D eigenvalue weighted by Crippen LogP contribution is -2.25. The van der Waals surface area contributed by atoms with Gasteiger partial charge in [-0.15, -0.1) is 0 Å². The minimum Gasteiger partial charge on any atom is -0.324 e. The van der Waals surface area contributed by atoms with Crippen LogP contribution in [0.15, 0.2) is 24.3 Å². The fraction of sp³-hybridized carbons (Fsp3) is 0.500. The number of benzene rings is 1. The first-order chi connectivity index (χ1) is 7.27. The molecule has 2 unspecified atom stereocenters. The molecular formula is C12H16FNS. The summed E-state index contributed by atoms with van der Waals surface area (Å²) >= 11 is 1.96. The molecule has 0 aromatic heterocycles. The molecule has 1 aliphatic heterocycles. The number of hydrogen-bond acceptors (Lipinski definition) is 2. The van der Waals surface area contributed by atoms with Crippen molar-refractivity contribution in [3.05, 3.63) is 35.6 Å². The molecule has 1 aliphatic rings. The maximum absolute atomic E-state index is 13.0. The average Bonchev–Trinajstić information content (AvgIpc) is 2.29. The molecule has 0 amide bonds. The summed E-state index contributed by atoms with van der Waals surface area (Å²) in [6, 6.07) is 6.68. The van der Waals surface area contributed by atoms with E-state index in [4.69, 9.17) is 5.73 Å². The van der Waals surface area contributed by atoms with Crippen molar-refractivity contribution in [1.82, 2.24) is 0 Å². The van der Waals surface area contributed by atoms with Crippen LogP contribution in [0.1, 0.15) is 24.4 Å². The standard InChI is InChI=1S/C12H16FNS/c13-11-5-1-3-9(7-11)12(14)10-4-2-6-15-8-10/h1,3,5,7,10,12H,2,4,6,8,14H2. The van der Waals surface area contributed by atoms with E-state index in [-0.39, 0.29) is 11.9 Å². The van der Waals surface area contributed by atoms with Gasteiger partial charge in [0.2, 0.25) is 0 Å². The first-order valence-corrected chi connectivity index (χ1v) is 6.51. The van der Waals surface area contributed by atoms with Crippen LogP contribution in [-0.2, 0) is 0 Å². The number of hydrogen-bond donors (Lipinski definition) is 1. The Hall–Kier alpha value is -0.540. The summed E-state index contributed by atoms with van der Waals surface area (Å²) < 4.78 is 13.0. The molecule has 1 fully saturated rings. The molecule has 0 aliphatic carbocycles. The lowest BCUT2D eigenvalue weighted by molar-refractivity contribution is 0.432. The van der Waals surface area contributed by atoms with Crippen molar-refractivity contribution in [2.24, 2.45) is 11.7 Å². The lowest BCUT2D eigenvalue weighted by atomic mass is 9.91. The van der Waals surface area contributed by atoms with Gasteiger partial charge in [0.15, 0.2) is 0 Å². The van der Waals surface area contributed by atoms with Crippen molar-refractivity contribution < 1.29 is 4.39 Å². The molecule has 1 heterocycles. The molecule has 1 aromatic rings. The van der Waals surface area contributed by atoms with Crippen molar-refractivity contribution in [3.63, 3.8) is 0 Å². The quantitative estimate of drug-likeness (QED) is 0.837. The highest BCUT2D eigenvalue weighted by Gasteiger charge is 2.22. The van der Waals surface area contributed by atoms with E-state index in [1.54, 1.807) is 12.1 Å². The highest BCUT2D eigenvalue weighted by atomic mass is 32.2. The summed E-state index contributed by atoms with van der Waals surface area (Å²) in [6.07, 6.45) is 2.41. The summed E-state index contributed by atoms with van der Waals surface area (Å²) in [5.41, 5.74) is 7.09. The van der Waals surface area contributed by atoms with Gasteiger partial charge in [0.1, 0.15) is 5.82 Å². The number of thioether (sulfide) groups is 1. The third kappa shape index (κ3) is 2.73. The fourth-order valence-electron chi connectivity index (χ4n) is 2.03. The third-order valence-corrected chi connectivity index (χ3v) is 4.18. The molecular weight excluding hydrogens is 209 g/mol. The van der Waals surface area contributed by atoms with Crippen LogP contribution in [0.2, 0.25) is 0 Å². The van der Waals surface area contributed by atoms with Crippen LogP contribution in [0.25, 0.3) is 0 Å².